The molecule has 118 valence electrons. The second-order valence-electron chi connectivity index (χ2n) is 5.61. The first kappa shape index (κ1) is 15.5. The van der Waals surface area contributed by atoms with E-state index < -0.39 is 10.0 Å². The minimum Gasteiger partial charge on any atom is -0.366 e. The number of para-hydroxylation sites is 1. The third-order valence-electron chi connectivity index (χ3n) is 3.99. The molecule has 1 aromatic carbocycles. The summed E-state index contributed by atoms with van der Waals surface area (Å²) in [4.78, 5) is 3.29. The van der Waals surface area contributed by atoms with Gasteiger partial charge in [-0.2, -0.15) is 4.31 Å². The number of hydrogen-bond acceptors (Lipinski definition) is 4. The normalized spacial score (nSPS) is 20.3. The summed E-state index contributed by atoms with van der Waals surface area (Å²) < 4.78 is 27.5. The van der Waals surface area contributed by atoms with E-state index in [-0.39, 0.29) is 6.04 Å². The summed E-state index contributed by atoms with van der Waals surface area (Å²) in [6.45, 7) is 5.77. The third-order valence-corrected chi connectivity index (χ3v) is 7.32. The van der Waals surface area contributed by atoms with Crippen LogP contribution in [0, 0.1) is 6.92 Å². The van der Waals surface area contributed by atoms with Crippen LogP contribution >= 0.6 is 11.3 Å². The average molecular weight is 336 g/mol. The summed E-state index contributed by atoms with van der Waals surface area (Å²) in [7, 11) is -3.35. The van der Waals surface area contributed by atoms with Crippen LogP contribution in [0.15, 0.2) is 46.7 Å². The Kier molecular flexibility index (Phi) is 4.25. The molecular formula is C16H20N2O2S2. The van der Waals surface area contributed by atoms with Crippen molar-refractivity contribution in [2.75, 3.05) is 24.5 Å². The molecule has 0 N–H and O–H groups in total. The van der Waals surface area contributed by atoms with Gasteiger partial charge in [0, 0.05) is 36.2 Å². The van der Waals surface area contributed by atoms with Crippen LogP contribution in [0.4, 0.5) is 5.69 Å². The molecule has 1 fully saturated rings. The van der Waals surface area contributed by atoms with Crippen molar-refractivity contribution in [3.63, 3.8) is 0 Å². The minimum atomic E-state index is -3.35. The van der Waals surface area contributed by atoms with E-state index in [1.165, 1.54) is 11.3 Å². The first-order chi connectivity index (χ1) is 10.5. The molecule has 1 saturated heterocycles. The Hall–Kier alpha value is -1.37. The summed E-state index contributed by atoms with van der Waals surface area (Å²) >= 11 is 1.34. The number of anilines is 1. The molecule has 1 aliphatic rings. The molecule has 0 saturated carbocycles. The smallest absolute Gasteiger partial charge is 0.252 e. The number of aryl methyl sites for hydroxylation is 1. The van der Waals surface area contributed by atoms with E-state index >= 15 is 0 Å². The van der Waals surface area contributed by atoms with Crippen molar-refractivity contribution in [2.24, 2.45) is 0 Å². The van der Waals surface area contributed by atoms with Gasteiger partial charge in [0.25, 0.3) is 10.0 Å². The maximum atomic E-state index is 12.7. The van der Waals surface area contributed by atoms with Gasteiger partial charge < -0.3 is 4.90 Å². The van der Waals surface area contributed by atoms with Gasteiger partial charge in [-0.25, -0.2) is 8.42 Å². The SMILES string of the molecule is Cc1ccc(S(=O)(=O)N2CCN(c3ccccc3)C(C)C2)s1. The fraction of sp³-hybridized carbons (Fsp3) is 0.375. The van der Waals surface area contributed by atoms with E-state index in [9.17, 15) is 8.42 Å². The Morgan fingerprint density at radius 1 is 1.09 bits per heavy atom. The number of hydrogen-bond donors (Lipinski definition) is 0. The van der Waals surface area contributed by atoms with Gasteiger partial charge >= 0.3 is 0 Å². The van der Waals surface area contributed by atoms with Crippen molar-refractivity contribution in [1.82, 2.24) is 4.31 Å². The molecule has 0 aliphatic carbocycles. The largest absolute Gasteiger partial charge is 0.366 e. The van der Waals surface area contributed by atoms with Crippen molar-refractivity contribution in [2.45, 2.75) is 24.1 Å². The van der Waals surface area contributed by atoms with E-state index in [2.05, 4.69) is 24.0 Å². The lowest BCUT2D eigenvalue weighted by molar-refractivity contribution is 0.343. The summed E-state index contributed by atoms with van der Waals surface area (Å²) in [5.41, 5.74) is 1.15. The van der Waals surface area contributed by atoms with Crippen LogP contribution in [-0.4, -0.2) is 38.4 Å². The maximum absolute atomic E-state index is 12.7. The molecule has 6 heteroatoms. The highest BCUT2D eigenvalue weighted by Gasteiger charge is 2.33. The molecule has 0 radical (unpaired) electrons. The molecular weight excluding hydrogens is 316 g/mol. The fourth-order valence-electron chi connectivity index (χ4n) is 2.82. The molecule has 1 unspecified atom stereocenters. The van der Waals surface area contributed by atoms with Crippen LogP contribution in [-0.2, 0) is 10.0 Å². The van der Waals surface area contributed by atoms with Crippen molar-refractivity contribution in [3.05, 3.63) is 47.3 Å². The Bertz CT molecular complexity index is 741. The minimum absolute atomic E-state index is 0.159. The maximum Gasteiger partial charge on any atom is 0.252 e. The average Bonchev–Trinajstić information content (AvgIpc) is 2.95. The number of thiophene rings is 1. The first-order valence-corrected chi connectivity index (χ1v) is 9.62. The molecule has 0 bridgehead atoms. The zero-order valence-corrected chi connectivity index (χ0v) is 14.4. The molecule has 4 nitrogen and oxygen atoms in total. The van der Waals surface area contributed by atoms with Crippen molar-refractivity contribution < 1.29 is 8.42 Å². The van der Waals surface area contributed by atoms with Gasteiger partial charge in [-0.05, 0) is 38.1 Å². The molecule has 1 aromatic heterocycles. The molecule has 2 aromatic rings. The highest BCUT2D eigenvalue weighted by atomic mass is 32.2. The van der Waals surface area contributed by atoms with Crippen molar-refractivity contribution in [1.29, 1.82) is 0 Å². The van der Waals surface area contributed by atoms with Gasteiger partial charge in [0.2, 0.25) is 0 Å². The Morgan fingerprint density at radius 2 is 1.82 bits per heavy atom. The Labute approximate surface area is 136 Å². The predicted octanol–water partition coefficient (Wildman–Crippen LogP) is 2.96. The van der Waals surface area contributed by atoms with Crippen LogP contribution in [0.2, 0.25) is 0 Å². The number of benzene rings is 1. The monoisotopic (exact) mass is 336 g/mol. The highest BCUT2D eigenvalue weighted by molar-refractivity contribution is 7.91. The van der Waals surface area contributed by atoms with Gasteiger partial charge in [-0.3, -0.25) is 0 Å². The molecule has 3 rings (SSSR count). The first-order valence-electron chi connectivity index (χ1n) is 7.37. The topological polar surface area (TPSA) is 40.6 Å². The lowest BCUT2D eigenvalue weighted by Crippen LogP contribution is -2.53. The van der Waals surface area contributed by atoms with Crippen molar-refractivity contribution in [3.8, 4) is 0 Å². The molecule has 1 aliphatic heterocycles. The zero-order chi connectivity index (χ0) is 15.7. The second-order valence-corrected chi connectivity index (χ2v) is 9.06. The Balaban J connectivity index is 1.78. The van der Waals surface area contributed by atoms with Crippen molar-refractivity contribution >= 4 is 27.0 Å². The van der Waals surface area contributed by atoms with Crippen LogP contribution in [0.25, 0.3) is 0 Å². The van der Waals surface area contributed by atoms with Gasteiger partial charge in [0.1, 0.15) is 4.21 Å². The summed E-state index contributed by atoms with van der Waals surface area (Å²) in [6, 6.07) is 13.9. The summed E-state index contributed by atoms with van der Waals surface area (Å²) in [6.07, 6.45) is 0. The van der Waals surface area contributed by atoms with Gasteiger partial charge in [-0.1, -0.05) is 18.2 Å². The Morgan fingerprint density at radius 3 is 2.41 bits per heavy atom. The molecule has 22 heavy (non-hydrogen) atoms. The van der Waals surface area contributed by atoms with E-state index in [4.69, 9.17) is 0 Å². The highest BCUT2D eigenvalue weighted by Crippen LogP contribution is 2.27. The van der Waals surface area contributed by atoms with E-state index in [1.54, 1.807) is 10.4 Å². The zero-order valence-electron chi connectivity index (χ0n) is 12.8. The fourth-order valence-corrected chi connectivity index (χ4v) is 5.77. The number of nitrogens with zero attached hydrogens (tertiary/aromatic N) is 2. The second kappa shape index (κ2) is 6.02. The summed E-state index contributed by atoms with van der Waals surface area (Å²) in [5.74, 6) is 0. The molecule has 1 atom stereocenters. The van der Waals surface area contributed by atoms with E-state index in [0.29, 0.717) is 17.3 Å². The quantitative estimate of drug-likeness (QED) is 0.865. The number of sulfonamides is 1. The number of piperazine rings is 1. The lowest BCUT2D eigenvalue weighted by Gasteiger charge is -2.40. The van der Waals surface area contributed by atoms with Gasteiger partial charge in [0.15, 0.2) is 0 Å². The molecule has 0 amide bonds. The van der Waals surface area contributed by atoms with E-state index in [0.717, 1.165) is 17.1 Å². The molecule has 2 heterocycles. The van der Waals surface area contributed by atoms with Gasteiger partial charge in [0.05, 0.1) is 0 Å². The summed E-state index contributed by atoms with van der Waals surface area (Å²) in [5, 5.41) is 0. The molecule has 0 spiro atoms. The van der Waals surface area contributed by atoms with E-state index in [1.807, 2.05) is 31.2 Å². The van der Waals surface area contributed by atoms with Crippen LogP contribution in [0.5, 0.6) is 0 Å². The van der Waals surface area contributed by atoms with Gasteiger partial charge in [-0.15, -0.1) is 11.3 Å². The predicted molar refractivity (Wildman–Crippen MR) is 91.1 cm³/mol. The van der Waals surface area contributed by atoms with Crippen LogP contribution in [0.3, 0.4) is 0 Å². The third kappa shape index (κ3) is 2.91. The number of rotatable bonds is 3. The standard InChI is InChI=1S/C16H20N2O2S2/c1-13-12-17(22(19,20)16-9-8-14(2)21-16)10-11-18(13)15-6-4-3-5-7-15/h3-9,13H,10-12H2,1-2H3. The van der Waals surface area contributed by atoms with Crippen LogP contribution in [0.1, 0.15) is 11.8 Å². The van der Waals surface area contributed by atoms with Crippen LogP contribution < -0.4 is 4.90 Å². The lowest BCUT2D eigenvalue weighted by atomic mass is 10.2.